The Kier molecular flexibility index (Phi) is 14.4. The Morgan fingerprint density at radius 3 is 1.61 bits per heavy atom. The average Bonchev–Trinajstić information content (AvgIpc) is 2.22. The van der Waals surface area contributed by atoms with E-state index in [1.54, 1.807) is 0 Å². The molecule has 0 heterocycles. The largest absolute Gasteiger partial charge is 2.00 e. The molecular formula is C11H22BaN2O4+2. The number of aliphatic carboxylic acids is 2. The van der Waals surface area contributed by atoms with Crippen LogP contribution >= 0.6 is 0 Å². The molecule has 0 fully saturated rings. The van der Waals surface area contributed by atoms with Crippen LogP contribution in [0.3, 0.4) is 0 Å². The van der Waals surface area contributed by atoms with Crippen molar-refractivity contribution in [3.63, 3.8) is 0 Å². The van der Waals surface area contributed by atoms with Gasteiger partial charge in [-0.05, 0) is 26.1 Å². The molecule has 0 atom stereocenters. The third-order valence-electron chi connectivity index (χ3n) is 2.56. The van der Waals surface area contributed by atoms with Gasteiger partial charge in [0.15, 0.2) is 0 Å². The first-order valence-corrected chi connectivity index (χ1v) is 5.87. The van der Waals surface area contributed by atoms with E-state index < -0.39 is 11.9 Å². The molecule has 0 aromatic rings. The zero-order valence-corrected chi connectivity index (χ0v) is 15.7. The van der Waals surface area contributed by atoms with Crippen molar-refractivity contribution in [2.45, 2.75) is 20.3 Å². The molecule has 0 saturated carbocycles. The molecule has 0 bridgehead atoms. The molecule has 18 heavy (non-hydrogen) atoms. The van der Waals surface area contributed by atoms with Crippen LogP contribution in [0.15, 0.2) is 0 Å². The summed E-state index contributed by atoms with van der Waals surface area (Å²) in [6.07, 6.45) is 0.780. The third-order valence-corrected chi connectivity index (χ3v) is 2.56. The molecule has 100 valence electrons. The minimum absolute atomic E-state index is 0. The summed E-state index contributed by atoms with van der Waals surface area (Å²) in [6, 6.07) is 0. The Morgan fingerprint density at radius 1 is 0.889 bits per heavy atom. The van der Waals surface area contributed by atoms with Crippen molar-refractivity contribution in [2.75, 3.05) is 39.3 Å². The number of nitrogens with zero attached hydrogens (tertiary/aromatic N) is 2. The van der Waals surface area contributed by atoms with E-state index >= 15 is 0 Å². The van der Waals surface area contributed by atoms with E-state index in [0.717, 1.165) is 26.1 Å². The molecule has 0 saturated heterocycles. The second-order valence-corrected chi connectivity index (χ2v) is 3.88. The average molecular weight is 384 g/mol. The van der Waals surface area contributed by atoms with E-state index in [2.05, 4.69) is 18.7 Å². The first-order valence-electron chi connectivity index (χ1n) is 5.87. The molecule has 0 aliphatic rings. The third kappa shape index (κ3) is 11.5. The van der Waals surface area contributed by atoms with Crippen molar-refractivity contribution in [2.24, 2.45) is 0 Å². The molecular weight excluding hydrogens is 361 g/mol. The molecule has 6 nitrogen and oxygen atoms in total. The van der Waals surface area contributed by atoms with E-state index in [1.165, 1.54) is 4.90 Å². The molecule has 7 heteroatoms. The van der Waals surface area contributed by atoms with E-state index in [9.17, 15) is 9.59 Å². The van der Waals surface area contributed by atoms with Gasteiger partial charge in [-0.2, -0.15) is 0 Å². The maximum absolute atomic E-state index is 10.6. The van der Waals surface area contributed by atoms with E-state index in [0.29, 0.717) is 6.54 Å². The van der Waals surface area contributed by atoms with Crippen LogP contribution in [0.4, 0.5) is 0 Å². The van der Waals surface area contributed by atoms with Crippen LogP contribution in [-0.2, 0) is 9.59 Å². The van der Waals surface area contributed by atoms with Gasteiger partial charge < -0.3 is 15.1 Å². The predicted octanol–water partition coefficient (Wildman–Crippen LogP) is -0.191. The Bertz CT molecular complexity index is 231. The fourth-order valence-corrected chi connectivity index (χ4v) is 1.65. The van der Waals surface area contributed by atoms with E-state index in [4.69, 9.17) is 10.2 Å². The molecule has 0 aliphatic carbocycles. The fraction of sp³-hybridized carbons (Fsp3) is 0.818. The second-order valence-electron chi connectivity index (χ2n) is 3.88. The molecule has 0 aromatic carbocycles. The summed E-state index contributed by atoms with van der Waals surface area (Å²) >= 11 is 0. The summed E-state index contributed by atoms with van der Waals surface area (Å²) in [5, 5.41) is 17.3. The van der Waals surface area contributed by atoms with Gasteiger partial charge in [0.05, 0.1) is 13.1 Å². The zero-order chi connectivity index (χ0) is 13.3. The van der Waals surface area contributed by atoms with Crippen molar-refractivity contribution in [1.82, 2.24) is 9.80 Å². The summed E-state index contributed by atoms with van der Waals surface area (Å²) < 4.78 is 0. The van der Waals surface area contributed by atoms with Crippen LogP contribution in [0, 0.1) is 0 Å². The zero-order valence-electron chi connectivity index (χ0n) is 11.3. The number of rotatable bonds is 10. The number of hydrogen-bond donors (Lipinski definition) is 2. The van der Waals surface area contributed by atoms with Crippen molar-refractivity contribution in [1.29, 1.82) is 0 Å². The summed E-state index contributed by atoms with van der Waals surface area (Å²) in [5.74, 6) is -1.98. The van der Waals surface area contributed by atoms with Crippen LogP contribution in [0.1, 0.15) is 20.3 Å². The Balaban J connectivity index is 0. The van der Waals surface area contributed by atoms with Gasteiger partial charge in [0.25, 0.3) is 0 Å². The standard InChI is InChI=1S/C11H22N2O4.Ba/c1-3-12(4-2)6-5-7-13(8-10(14)15)9-11(16)17;/h3-9H2,1-2H3,(H,14,15)(H,16,17);/q;+2. The van der Waals surface area contributed by atoms with Gasteiger partial charge in [-0.1, -0.05) is 13.8 Å². The predicted molar refractivity (Wildman–Crippen MR) is 69.9 cm³/mol. The first kappa shape index (κ1) is 20.7. The van der Waals surface area contributed by atoms with E-state index in [1.807, 2.05) is 0 Å². The topological polar surface area (TPSA) is 81.1 Å². The van der Waals surface area contributed by atoms with Gasteiger partial charge in [0.2, 0.25) is 0 Å². The van der Waals surface area contributed by atoms with Crippen LogP contribution < -0.4 is 0 Å². The molecule has 0 rings (SSSR count). The quantitative estimate of drug-likeness (QED) is 0.509. The minimum Gasteiger partial charge on any atom is -0.480 e. The molecule has 0 amide bonds. The summed E-state index contributed by atoms with van der Waals surface area (Å²) in [5.41, 5.74) is 0. The summed E-state index contributed by atoms with van der Waals surface area (Å²) in [7, 11) is 0. The second kappa shape index (κ2) is 12.5. The maximum Gasteiger partial charge on any atom is 2.00 e. The Labute approximate surface area is 148 Å². The first-order chi connectivity index (χ1) is 7.99. The van der Waals surface area contributed by atoms with Gasteiger partial charge in [0, 0.05) is 6.54 Å². The van der Waals surface area contributed by atoms with Crippen molar-refractivity contribution in [3.8, 4) is 0 Å². The molecule has 0 radical (unpaired) electrons. The summed E-state index contributed by atoms with van der Waals surface area (Å²) in [6.45, 7) is 6.96. The van der Waals surface area contributed by atoms with Gasteiger partial charge in [0.1, 0.15) is 0 Å². The number of carboxylic acid groups (broad SMARTS) is 2. The SMILES string of the molecule is CCN(CC)CCCN(CC(=O)O)CC(=O)O.[Ba+2]. The van der Waals surface area contributed by atoms with Crippen LogP contribution in [0.2, 0.25) is 0 Å². The smallest absolute Gasteiger partial charge is 0.480 e. The Morgan fingerprint density at radius 2 is 1.28 bits per heavy atom. The fourth-order valence-electron chi connectivity index (χ4n) is 1.65. The molecule has 0 spiro atoms. The van der Waals surface area contributed by atoms with Crippen LogP contribution in [-0.4, -0.2) is 120 Å². The van der Waals surface area contributed by atoms with Gasteiger partial charge in [-0.3, -0.25) is 14.5 Å². The number of hydrogen-bond acceptors (Lipinski definition) is 4. The van der Waals surface area contributed by atoms with Gasteiger partial charge in [-0.25, -0.2) is 0 Å². The van der Waals surface area contributed by atoms with Crippen molar-refractivity contribution >= 4 is 60.8 Å². The monoisotopic (exact) mass is 384 g/mol. The maximum atomic E-state index is 10.6. The molecule has 0 aromatic heterocycles. The van der Waals surface area contributed by atoms with Crippen LogP contribution in [0.25, 0.3) is 0 Å². The number of carbonyl (C=O) groups is 2. The minimum atomic E-state index is -0.992. The summed E-state index contributed by atoms with van der Waals surface area (Å²) in [4.78, 5) is 24.8. The Hall–Kier alpha value is 0.431. The van der Waals surface area contributed by atoms with Gasteiger partial charge in [-0.15, -0.1) is 0 Å². The molecule has 2 N–H and O–H groups in total. The molecule has 0 aliphatic heterocycles. The number of carboxylic acids is 2. The van der Waals surface area contributed by atoms with Crippen molar-refractivity contribution < 1.29 is 19.8 Å². The molecule has 0 unspecified atom stereocenters. The van der Waals surface area contributed by atoms with Crippen LogP contribution in [0.5, 0.6) is 0 Å². The van der Waals surface area contributed by atoms with Gasteiger partial charge >= 0.3 is 60.8 Å². The van der Waals surface area contributed by atoms with Crippen molar-refractivity contribution in [3.05, 3.63) is 0 Å². The normalized spacial score (nSPS) is 10.4. The van der Waals surface area contributed by atoms with E-state index in [-0.39, 0.29) is 62.0 Å².